The summed E-state index contributed by atoms with van der Waals surface area (Å²) < 4.78 is 46.3. The lowest BCUT2D eigenvalue weighted by Crippen LogP contribution is -2.35. The van der Waals surface area contributed by atoms with Crippen molar-refractivity contribution in [2.75, 3.05) is 7.11 Å². The maximum atomic E-state index is 13.0. The van der Waals surface area contributed by atoms with Gasteiger partial charge in [-0.25, -0.2) is 0 Å². The molecule has 2 aliphatic heterocycles. The Morgan fingerprint density at radius 3 is 2.61 bits per heavy atom. The van der Waals surface area contributed by atoms with Crippen LogP contribution in [0.5, 0.6) is 5.75 Å². The van der Waals surface area contributed by atoms with Crippen LogP contribution in [0.1, 0.15) is 17.0 Å². The average molecular weight is 447 g/mol. The summed E-state index contributed by atoms with van der Waals surface area (Å²) in [5.74, 6) is -0.587. The number of alkyl halides is 3. The molecule has 0 fully saturated rings. The number of hydrogen-bond donors (Lipinski definition) is 1. The number of benzene rings is 1. The fourth-order valence-electron chi connectivity index (χ4n) is 3.38. The van der Waals surface area contributed by atoms with Crippen LogP contribution in [0.2, 0.25) is 0 Å². The molecule has 1 N–H and O–H groups in total. The number of methoxy groups -OCH3 is 1. The first-order chi connectivity index (χ1) is 14.6. The number of aliphatic imine (C=N–C) groups is 1. The summed E-state index contributed by atoms with van der Waals surface area (Å²) in [5.41, 5.74) is 2.89. The van der Waals surface area contributed by atoms with Crippen LogP contribution >= 0.6 is 11.8 Å². The molecule has 1 aromatic heterocycles. The predicted molar refractivity (Wildman–Crippen MR) is 113 cm³/mol. The predicted octanol–water partition coefficient (Wildman–Crippen LogP) is 4.28. The number of ether oxygens (including phenoxy) is 1. The molecule has 31 heavy (non-hydrogen) atoms. The van der Waals surface area contributed by atoms with Crippen LogP contribution in [0, 0.1) is 19.3 Å². The Balaban J connectivity index is 1.76. The van der Waals surface area contributed by atoms with Crippen molar-refractivity contribution in [2.45, 2.75) is 20.0 Å². The lowest BCUT2D eigenvalue weighted by molar-refractivity contribution is -0.114. The largest absolute Gasteiger partial charge is 0.495 e. The number of nitrogens with one attached hydrogen (secondary N) is 1. The van der Waals surface area contributed by atoms with Gasteiger partial charge in [0.15, 0.2) is 5.84 Å². The zero-order valence-electron chi connectivity index (χ0n) is 16.6. The van der Waals surface area contributed by atoms with Gasteiger partial charge < -0.3 is 9.30 Å². The molecule has 0 saturated carbocycles. The first-order valence-corrected chi connectivity index (χ1v) is 9.83. The van der Waals surface area contributed by atoms with E-state index in [-0.39, 0.29) is 22.5 Å². The number of nitrogens with zero attached hydrogens (tertiary/aromatic N) is 4. The van der Waals surface area contributed by atoms with Gasteiger partial charge in [-0.2, -0.15) is 28.3 Å². The van der Waals surface area contributed by atoms with Gasteiger partial charge in [0.25, 0.3) is 5.91 Å². The molecule has 0 spiro atoms. The number of amidine groups is 2. The molecule has 1 aromatic carbocycles. The van der Waals surface area contributed by atoms with Crippen molar-refractivity contribution in [2.24, 2.45) is 10.1 Å². The minimum absolute atomic E-state index is 0.142. The molecule has 0 unspecified atom stereocenters. The molecule has 3 heterocycles. The average Bonchev–Trinajstić information content (AvgIpc) is 3.26. The maximum Gasteiger partial charge on any atom is 0.441 e. The molecule has 2 aliphatic rings. The smallest absolute Gasteiger partial charge is 0.441 e. The van der Waals surface area contributed by atoms with Gasteiger partial charge in [-0.3, -0.25) is 10.2 Å². The van der Waals surface area contributed by atoms with Crippen LogP contribution in [0.4, 0.5) is 13.2 Å². The van der Waals surface area contributed by atoms with Crippen LogP contribution in [-0.4, -0.2) is 44.8 Å². The number of fused-ring (bicyclic) bond motifs is 1. The highest BCUT2D eigenvalue weighted by atomic mass is 32.2. The summed E-state index contributed by atoms with van der Waals surface area (Å²) in [6.07, 6.45) is -3.23. The van der Waals surface area contributed by atoms with Gasteiger partial charge in [0.05, 0.1) is 18.4 Å². The highest BCUT2D eigenvalue weighted by Gasteiger charge is 2.46. The topological polar surface area (TPSA) is 83.0 Å². The Bertz CT molecular complexity index is 1210. The molecule has 7 nitrogen and oxygen atoms in total. The van der Waals surface area contributed by atoms with Gasteiger partial charge in [0, 0.05) is 11.4 Å². The van der Waals surface area contributed by atoms with E-state index in [1.54, 1.807) is 7.11 Å². The summed E-state index contributed by atoms with van der Waals surface area (Å²) in [5, 5.41) is 11.0. The van der Waals surface area contributed by atoms with Crippen molar-refractivity contribution in [3.8, 4) is 11.4 Å². The number of thioether (sulfide) groups is 1. The molecule has 1 amide bonds. The van der Waals surface area contributed by atoms with Crippen molar-refractivity contribution in [3.63, 3.8) is 0 Å². The number of rotatable bonds is 3. The molecule has 0 aliphatic carbocycles. The third-order valence-corrected chi connectivity index (χ3v) is 5.75. The number of aryl methyl sites for hydroxylation is 1. The van der Waals surface area contributed by atoms with E-state index in [1.165, 1.54) is 6.08 Å². The van der Waals surface area contributed by atoms with Crippen LogP contribution in [0.15, 0.2) is 46.0 Å². The maximum absolute atomic E-state index is 13.0. The number of carbonyl (C=O) groups excluding carboxylic acids is 1. The van der Waals surface area contributed by atoms with E-state index in [4.69, 9.17) is 10.1 Å². The van der Waals surface area contributed by atoms with Gasteiger partial charge in [0.1, 0.15) is 5.75 Å². The second kappa shape index (κ2) is 7.41. The molecule has 11 heteroatoms. The number of hydrazone groups is 1. The van der Waals surface area contributed by atoms with E-state index in [0.29, 0.717) is 11.3 Å². The van der Waals surface area contributed by atoms with E-state index < -0.39 is 23.0 Å². The second-order valence-electron chi connectivity index (χ2n) is 6.76. The van der Waals surface area contributed by atoms with E-state index in [9.17, 15) is 18.0 Å². The van der Waals surface area contributed by atoms with Crippen LogP contribution < -0.4 is 4.74 Å². The van der Waals surface area contributed by atoms with E-state index in [2.05, 4.69) is 10.1 Å². The molecular formula is C20H16F3N5O2S. The number of halogens is 3. The van der Waals surface area contributed by atoms with E-state index in [0.717, 1.165) is 22.1 Å². The van der Waals surface area contributed by atoms with Gasteiger partial charge in [0.2, 0.25) is 10.2 Å². The molecule has 4 rings (SSSR count). The molecule has 0 bridgehead atoms. The van der Waals surface area contributed by atoms with Crippen molar-refractivity contribution < 1.29 is 22.7 Å². The molecule has 160 valence electrons. The van der Waals surface area contributed by atoms with Crippen molar-refractivity contribution in [1.29, 1.82) is 5.41 Å². The Kier molecular flexibility index (Phi) is 5.00. The third kappa shape index (κ3) is 3.54. The Hall–Kier alpha value is -3.34. The normalized spacial score (nSPS) is 17.7. The van der Waals surface area contributed by atoms with Crippen LogP contribution in [0.3, 0.4) is 0 Å². The van der Waals surface area contributed by atoms with E-state index >= 15 is 0 Å². The summed E-state index contributed by atoms with van der Waals surface area (Å²) >= 11 is 0.222. The highest BCUT2D eigenvalue weighted by molar-refractivity contribution is 8.27. The van der Waals surface area contributed by atoms with E-state index in [1.807, 2.05) is 48.7 Å². The minimum Gasteiger partial charge on any atom is -0.495 e. The molecule has 0 radical (unpaired) electrons. The second-order valence-corrected chi connectivity index (χ2v) is 7.71. The molecular weight excluding hydrogens is 431 g/mol. The van der Waals surface area contributed by atoms with Gasteiger partial charge in [-0.05, 0) is 55.4 Å². The van der Waals surface area contributed by atoms with Gasteiger partial charge >= 0.3 is 6.18 Å². The molecule has 0 atom stereocenters. The fourth-order valence-corrected chi connectivity index (χ4v) is 4.14. The third-order valence-electron chi connectivity index (χ3n) is 4.79. The lowest BCUT2D eigenvalue weighted by atomic mass is 10.1. The first-order valence-electron chi connectivity index (χ1n) is 9.01. The quantitative estimate of drug-likeness (QED) is 0.712. The van der Waals surface area contributed by atoms with Crippen LogP contribution in [-0.2, 0) is 4.79 Å². The lowest BCUT2D eigenvalue weighted by Gasteiger charge is -2.20. The Labute approximate surface area is 179 Å². The summed E-state index contributed by atoms with van der Waals surface area (Å²) in [6.45, 7) is 3.71. The first kappa shape index (κ1) is 20.9. The summed E-state index contributed by atoms with van der Waals surface area (Å²) in [7, 11) is 1.57. The Morgan fingerprint density at radius 1 is 1.23 bits per heavy atom. The van der Waals surface area contributed by atoms with Crippen molar-refractivity contribution in [1.82, 2.24) is 9.58 Å². The zero-order chi connectivity index (χ0) is 22.5. The monoisotopic (exact) mass is 447 g/mol. The molecule has 2 aromatic rings. The number of hydrogen-bond acceptors (Lipinski definition) is 5. The van der Waals surface area contributed by atoms with Crippen molar-refractivity contribution >= 4 is 39.8 Å². The van der Waals surface area contributed by atoms with Gasteiger partial charge in [-0.15, -0.1) is 0 Å². The summed E-state index contributed by atoms with van der Waals surface area (Å²) in [4.78, 5) is 16.2. The minimum atomic E-state index is -4.68. The SMILES string of the molecule is COc1ccccc1-n1c(C)cc(C=C2C(=N)N3N=C(C(F)(F)F)SC3=NC2=O)c1C. The zero-order valence-corrected chi connectivity index (χ0v) is 17.4. The van der Waals surface area contributed by atoms with Gasteiger partial charge in [-0.1, -0.05) is 12.1 Å². The van der Waals surface area contributed by atoms with Crippen LogP contribution in [0.25, 0.3) is 11.8 Å². The Morgan fingerprint density at radius 2 is 1.94 bits per heavy atom. The summed E-state index contributed by atoms with van der Waals surface area (Å²) in [6, 6.07) is 9.24. The number of amides is 1. The number of aromatic nitrogens is 1. The highest BCUT2D eigenvalue weighted by Crippen LogP contribution is 2.36. The van der Waals surface area contributed by atoms with Crippen molar-refractivity contribution in [3.05, 3.63) is 52.9 Å². The fraction of sp³-hybridized carbons (Fsp3) is 0.200. The number of para-hydroxylation sites is 2. The standard InChI is InChI=1S/C20H16F3N5O2S/c1-10-8-12(11(2)27(10)14-6-4-5-7-15(14)30-3)9-13-16(24)28-19(25-17(13)29)31-18(26-28)20(21,22)23/h4-9,24H,1-3H3. The molecule has 0 saturated heterocycles. The number of carbonyl (C=O) groups is 1.